The van der Waals surface area contributed by atoms with Gasteiger partial charge in [-0.1, -0.05) is 18.5 Å². The van der Waals surface area contributed by atoms with Crippen LogP contribution in [0.25, 0.3) is 0 Å². The Morgan fingerprint density at radius 3 is 2.76 bits per heavy atom. The van der Waals surface area contributed by atoms with E-state index in [1.807, 2.05) is 13.8 Å². The van der Waals surface area contributed by atoms with Gasteiger partial charge in [0, 0.05) is 18.1 Å². The zero-order valence-electron chi connectivity index (χ0n) is 12.7. The first-order valence-corrected chi connectivity index (χ1v) is 9.11. The number of rotatable bonds is 4. The third kappa shape index (κ3) is 3.52. The number of hydrogen-bond acceptors (Lipinski definition) is 3. The van der Waals surface area contributed by atoms with Gasteiger partial charge in [-0.15, -0.1) is 0 Å². The van der Waals surface area contributed by atoms with Crippen LogP contribution >= 0.6 is 11.6 Å². The first kappa shape index (κ1) is 16.6. The number of aryl methyl sites for hydroxylation is 1. The zero-order chi connectivity index (χ0) is 15.6. The van der Waals surface area contributed by atoms with E-state index in [0.717, 1.165) is 18.4 Å². The van der Waals surface area contributed by atoms with Crippen LogP contribution in [-0.2, 0) is 10.0 Å². The average molecular weight is 332 g/mol. The van der Waals surface area contributed by atoms with E-state index in [0.29, 0.717) is 36.4 Å². The molecule has 1 heterocycles. The van der Waals surface area contributed by atoms with Gasteiger partial charge in [0.15, 0.2) is 0 Å². The molecular weight excluding hydrogens is 310 g/mol. The van der Waals surface area contributed by atoms with Crippen molar-refractivity contribution in [2.24, 2.45) is 5.92 Å². The van der Waals surface area contributed by atoms with Crippen molar-refractivity contribution in [3.05, 3.63) is 22.7 Å². The zero-order valence-corrected chi connectivity index (χ0v) is 14.3. The Morgan fingerprint density at radius 2 is 2.14 bits per heavy atom. The fourth-order valence-corrected chi connectivity index (χ4v) is 4.58. The Hall–Kier alpha value is -0.780. The molecule has 0 saturated carbocycles. The van der Waals surface area contributed by atoms with E-state index in [1.54, 1.807) is 10.4 Å². The van der Waals surface area contributed by atoms with Crippen LogP contribution in [0.5, 0.6) is 5.75 Å². The summed E-state index contributed by atoms with van der Waals surface area (Å²) in [5.74, 6) is 0.766. The Balaban J connectivity index is 2.45. The van der Waals surface area contributed by atoms with Crippen LogP contribution < -0.4 is 4.74 Å². The molecule has 4 nitrogen and oxygen atoms in total. The van der Waals surface area contributed by atoms with Gasteiger partial charge in [0.25, 0.3) is 0 Å². The lowest BCUT2D eigenvalue weighted by Crippen LogP contribution is -2.39. The second-order valence-corrected chi connectivity index (χ2v) is 7.91. The summed E-state index contributed by atoms with van der Waals surface area (Å²) in [5, 5.41) is 0.446. The molecule has 0 aromatic heterocycles. The van der Waals surface area contributed by atoms with Crippen LogP contribution in [0.15, 0.2) is 17.0 Å². The first-order valence-electron chi connectivity index (χ1n) is 7.29. The lowest BCUT2D eigenvalue weighted by atomic mass is 10.0. The largest absolute Gasteiger partial charge is 0.492 e. The maximum Gasteiger partial charge on any atom is 0.246 e. The molecule has 1 aliphatic rings. The number of halogens is 1. The third-order valence-electron chi connectivity index (χ3n) is 3.76. The van der Waals surface area contributed by atoms with Crippen molar-refractivity contribution in [3.63, 3.8) is 0 Å². The normalized spacial score (nSPS) is 20.5. The van der Waals surface area contributed by atoms with E-state index in [9.17, 15) is 8.42 Å². The van der Waals surface area contributed by atoms with Gasteiger partial charge in [-0.05, 0) is 50.3 Å². The predicted molar refractivity (Wildman–Crippen MR) is 84.5 cm³/mol. The maximum absolute atomic E-state index is 12.9. The maximum atomic E-state index is 12.9. The van der Waals surface area contributed by atoms with E-state index in [1.165, 1.54) is 6.07 Å². The summed E-state index contributed by atoms with van der Waals surface area (Å²) in [7, 11) is -3.56. The minimum absolute atomic E-state index is 0.175. The van der Waals surface area contributed by atoms with Crippen LogP contribution in [0, 0.1) is 12.8 Å². The molecule has 6 heteroatoms. The van der Waals surface area contributed by atoms with Crippen LogP contribution in [0.2, 0.25) is 5.02 Å². The van der Waals surface area contributed by atoms with Crippen molar-refractivity contribution >= 4 is 21.6 Å². The summed E-state index contributed by atoms with van der Waals surface area (Å²) in [4.78, 5) is 0.175. The van der Waals surface area contributed by atoms with Crippen molar-refractivity contribution in [2.45, 2.75) is 38.5 Å². The molecule has 1 atom stereocenters. The molecular formula is C15H22ClNO3S. The molecule has 0 spiro atoms. The van der Waals surface area contributed by atoms with Gasteiger partial charge in [-0.2, -0.15) is 4.31 Å². The SMILES string of the molecule is CCOc1cc(C)c(Cl)cc1S(=O)(=O)N1CCC[C@H](C)C1. The lowest BCUT2D eigenvalue weighted by molar-refractivity contribution is 0.278. The van der Waals surface area contributed by atoms with Gasteiger partial charge < -0.3 is 4.74 Å². The summed E-state index contributed by atoms with van der Waals surface area (Å²) in [6.07, 6.45) is 1.96. The molecule has 0 N–H and O–H groups in total. The molecule has 1 aliphatic heterocycles. The molecule has 1 fully saturated rings. The van der Waals surface area contributed by atoms with Gasteiger partial charge in [-0.3, -0.25) is 0 Å². The smallest absolute Gasteiger partial charge is 0.246 e. The third-order valence-corrected chi connectivity index (χ3v) is 6.06. The molecule has 1 saturated heterocycles. The van der Waals surface area contributed by atoms with Crippen LogP contribution in [-0.4, -0.2) is 32.4 Å². The summed E-state index contributed by atoms with van der Waals surface area (Å²) in [6.45, 7) is 7.28. The summed E-state index contributed by atoms with van der Waals surface area (Å²) < 4.78 is 32.8. The van der Waals surface area contributed by atoms with E-state index < -0.39 is 10.0 Å². The molecule has 0 radical (unpaired) electrons. The summed E-state index contributed by atoms with van der Waals surface area (Å²) in [5.41, 5.74) is 0.811. The minimum atomic E-state index is -3.56. The van der Waals surface area contributed by atoms with Gasteiger partial charge >= 0.3 is 0 Å². The second kappa shape index (κ2) is 6.55. The van der Waals surface area contributed by atoms with Gasteiger partial charge in [-0.25, -0.2) is 8.42 Å². The van der Waals surface area contributed by atoms with E-state index in [-0.39, 0.29) is 4.90 Å². The standard InChI is InChI=1S/C15H22ClNO3S/c1-4-20-14-8-12(3)13(16)9-15(14)21(18,19)17-7-5-6-11(2)10-17/h8-9,11H,4-7,10H2,1-3H3/t11-/m0/s1. The fraction of sp³-hybridized carbons (Fsp3) is 0.600. The van der Waals surface area contributed by atoms with Crippen molar-refractivity contribution < 1.29 is 13.2 Å². The Labute approximate surface area is 132 Å². The molecule has 0 unspecified atom stereocenters. The average Bonchev–Trinajstić information content (AvgIpc) is 2.42. The van der Waals surface area contributed by atoms with Crippen LogP contribution in [0.3, 0.4) is 0 Å². The number of benzene rings is 1. The number of ether oxygens (including phenoxy) is 1. The number of sulfonamides is 1. The van der Waals surface area contributed by atoms with E-state index in [4.69, 9.17) is 16.3 Å². The molecule has 0 bridgehead atoms. The van der Waals surface area contributed by atoms with Crippen molar-refractivity contribution in [1.29, 1.82) is 0 Å². The van der Waals surface area contributed by atoms with Gasteiger partial charge in [0.1, 0.15) is 10.6 Å². The van der Waals surface area contributed by atoms with Crippen LogP contribution in [0.4, 0.5) is 0 Å². The molecule has 2 rings (SSSR count). The first-order chi connectivity index (χ1) is 9.86. The highest BCUT2D eigenvalue weighted by molar-refractivity contribution is 7.89. The molecule has 21 heavy (non-hydrogen) atoms. The second-order valence-electron chi connectivity index (χ2n) is 5.59. The summed E-state index contributed by atoms with van der Waals surface area (Å²) >= 11 is 6.12. The number of piperidine rings is 1. The summed E-state index contributed by atoms with van der Waals surface area (Å²) in [6, 6.07) is 3.21. The van der Waals surface area contributed by atoms with Gasteiger partial charge in [0.05, 0.1) is 6.61 Å². The van der Waals surface area contributed by atoms with Crippen molar-refractivity contribution in [3.8, 4) is 5.75 Å². The quantitative estimate of drug-likeness (QED) is 0.848. The van der Waals surface area contributed by atoms with E-state index in [2.05, 4.69) is 6.92 Å². The molecule has 1 aromatic carbocycles. The Bertz CT molecular complexity index is 616. The molecule has 0 aliphatic carbocycles. The number of nitrogens with zero attached hydrogens (tertiary/aromatic N) is 1. The highest BCUT2D eigenvalue weighted by Crippen LogP contribution is 2.33. The fourth-order valence-electron chi connectivity index (χ4n) is 2.61. The highest BCUT2D eigenvalue weighted by atomic mass is 35.5. The highest BCUT2D eigenvalue weighted by Gasteiger charge is 2.31. The monoisotopic (exact) mass is 331 g/mol. The van der Waals surface area contributed by atoms with Crippen molar-refractivity contribution in [1.82, 2.24) is 4.31 Å². The molecule has 0 amide bonds. The van der Waals surface area contributed by atoms with E-state index >= 15 is 0 Å². The molecule has 118 valence electrons. The topological polar surface area (TPSA) is 46.6 Å². The van der Waals surface area contributed by atoms with Crippen molar-refractivity contribution in [2.75, 3.05) is 19.7 Å². The predicted octanol–water partition coefficient (Wildman–Crippen LogP) is 3.47. The lowest BCUT2D eigenvalue weighted by Gasteiger charge is -2.30. The Kier molecular flexibility index (Phi) is 5.17. The Morgan fingerprint density at radius 1 is 1.43 bits per heavy atom. The molecule has 1 aromatic rings. The number of hydrogen-bond donors (Lipinski definition) is 0. The van der Waals surface area contributed by atoms with Crippen LogP contribution in [0.1, 0.15) is 32.3 Å². The van der Waals surface area contributed by atoms with Gasteiger partial charge in [0.2, 0.25) is 10.0 Å². The minimum Gasteiger partial charge on any atom is -0.492 e.